The van der Waals surface area contributed by atoms with Crippen molar-refractivity contribution in [2.24, 2.45) is 0 Å². The molecule has 0 fully saturated rings. The van der Waals surface area contributed by atoms with Crippen LogP contribution in [0.5, 0.6) is 0 Å². The van der Waals surface area contributed by atoms with Crippen LogP contribution in [-0.4, -0.2) is 48.7 Å². The maximum atomic E-state index is 13.4. The largest absolute Gasteiger partial charge is 0.298 e. The Balaban J connectivity index is 1.70. The molecule has 5 rings (SSSR count). The summed E-state index contributed by atoms with van der Waals surface area (Å²) in [5.74, 6) is 0. The fourth-order valence-corrected chi connectivity index (χ4v) is 5.20. The van der Waals surface area contributed by atoms with Crippen molar-refractivity contribution < 1.29 is 8.42 Å². The van der Waals surface area contributed by atoms with Crippen LogP contribution in [0.2, 0.25) is 0 Å². The van der Waals surface area contributed by atoms with Crippen molar-refractivity contribution >= 4 is 26.7 Å². The van der Waals surface area contributed by atoms with Crippen molar-refractivity contribution in [2.45, 2.75) is 4.90 Å². The molecule has 0 unspecified atom stereocenters. The Bertz CT molecular complexity index is 1530. The number of hydrogen-bond acceptors (Lipinski definition) is 4. The minimum Gasteiger partial charge on any atom is -0.298 e. The normalized spacial score (nSPS) is 12.3. The molecule has 0 aliphatic carbocycles. The molecule has 3 heterocycles. The van der Waals surface area contributed by atoms with Crippen LogP contribution in [0.1, 0.15) is 0 Å². The predicted molar refractivity (Wildman–Crippen MR) is 131 cm³/mol. The summed E-state index contributed by atoms with van der Waals surface area (Å²) in [6.45, 7) is 0. The Kier molecular flexibility index (Phi) is 4.92. The fourth-order valence-electron chi connectivity index (χ4n) is 3.86. The van der Waals surface area contributed by atoms with Crippen LogP contribution in [0.25, 0.3) is 33.3 Å². The molecular weight excluding hydrogens is 434 g/mol. The maximum Gasteiger partial charge on any atom is 0.269 e. The second-order valence-electron chi connectivity index (χ2n) is 8.80. The Labute approximate surface area is 192 Å². The zero-order chi connectivity index (χ0) is 23.2. The standard InChI is InChI=1S/C25H24N5O2S/c1-30(2,3)21-11-9-18(10-12-21)19-13-23-24(20-15-27-28-16-20)17-29(25(23)26-14-19)33(31,32)22-7-5-4-6-8-22/h4-17H,1-3H3,(H,27,28)/q+1. The van der Waals surface area contributed by atoms with Gasteiger partial charge in [-0.05, 0) is 48.0 Å². The SMILES string of the molecule is C[N+](C)(C)c1ccc(-c2cnc3c(c2)c(-c2cn[nH]c2)cn3S(=O)(=O)c2ccccc2)cc1. The highest BCUT2D eigenvalue weighted by Crippen LogP contribution is 2.34. The van der Waals surface area contributed by atoms with Gasteiger partial charge in [0, 0.05) is 40.7 Å². The molecule has 0 radical (unpaired) electrons. The molecule has 0 aliphatic rings. The molecule has 8 heteroatoms. The van der Waals surface area contributed by atoms with E-state index >= 15 is 0 Å². The quantitative estimate of drug-likeness (QED) is 0.393. The van der Waals surface area contributed by atoms with Gasteiger partial charge in [0.25, 0.3) is 10.0 Å². The molecule has 0 saturated heterocycles. The van der Waals surface area contributed by atoms with Gasteiger partial charge < -0.3 is 0 Å². The lowest BCUT2D eigenvalue weighted by molar-refractivity contribution is 0.486. The number of hydrogen-bond donors (Lipinski definition) is 1. The van der Waals surface area contributed by atoms with Crippen molar-refractivity contribution in [3.8, 4) is 22.3 Å². The van der Waals surface area contributed by atoms with Crippen LogP contribution in [0.3, 0.4) is 0 Å². The third-order valence-corrected chi connectivity index (χ3v) is 7.36. The minimum absolute atomic E-state index is 0.211. The molecule has 166 valence electrons. The first-order valence-corrected chi connectivity index (χ1v) is 11.9. The number of benzene rings is 2. The summed E-state index contributed by atoms with van der Waals surface area (Å²) in [4.78, 5) is 4.81. The number of aromatic amines is 1. The van der Waals surface area contributed by atoms with E-state index in [1.165, 1.54) is 9.66 Å². The van der Waals surface area contributed by atoms with Gasteiger partial charge in [-0.15, -0.1) is 0 Å². The zero-order valence-corrected chi connectivity index (χ0v) is 19.4. The molecule has 3 aromatic heterocycles. The van der Waals surface area contributed by atoms with Crippen molar-refractivity contribution in [2.75, 3.05) is 21.1 Å². The molecule has 0 bridgehead atoms. The summed E-state index contributed by atoms with van der Waals surface area (Å²) in [6.07, 6.45) is 6.77. The molecule has 7 nitrogen and oxygen atoms in total. The van der Waals surface area contributed by atoms with Gasteiger partial charge in [0.1, 0.15) is 5.69 Å². The average Bonchev–Trinajstić information content (AvgIpc) is 3.47. The van der Waals surface area contributed by atoms with Crippen LogP contribution in [0.15, 0.2) is 90.3 Å². The van der Waals surface area contributed by atoms with Gasteiger partial charge >= 0.3 is 0 Å². The predicted octanol–water partition coefficient (Wildman–Crippen LogP) is 4.53. The van der Waals surface area contributed by atoms with Gasteiger partial charge in [-0.3, -0.25) is 9.58 Å². The van der Waals surface area contributed by atoms with E-state index in [9.17, 15) is 8.42 Å². The van der Waals surface area contributed by atoms with Crippen molar-refractivity contribution in [1.29, 1.82) is 0 Å². The molecule has 0 amide bonds. The molecule has 5 aromatic rings. The van der Waals surface area contributed by atoms with Crippen LogP contribution >= 0.6 is 0 Å². The first-order valence-electron chi connectivity index (χ1n) is 10.5. The summed E-state index contributed by atoms with van der Waals surface area (Å²) in [5.41, 5.74) is 5.03. The van der Waals surface area contributed by atoms with Crippen LogP contribution < -0.4 is 4.48 Å². The van der Waals surface area contributed by atoms with E-state index in [1.807, 2.05) is 6.07 Å². The average molecular weight is 459 g/mol. The summed E-state index contributed by atoms with van der Waals surface area (Å²) in [7, 11) is 2.55. The first-order chi connectivity index (χ1) is 15.7. The van der Waals surface area contributed by atoms with E-state index < -0.39 is 10.0 Å². The second kappa shape index (κ2) is 7.68. The zero-order valence-electron chi connectivity index (χ0n) is 18.6. The van der Waals surface area contributed by atoms with Gasteiger partial charge in [-0.25, -0.2) is 17.4 Å². The smallest absolute Gasteiger partial charge is 0.269 e. The molecule has 0 spiro atoms. The third-order valence-electron chi connectivity index (χ3n) is 5.70. The molecule has 33 heavy (non-hydrogen) atoms. The van der Waals surface area contributed by atoms with Crippen LogP contribution in [-0.2, 0) is 10.0 Å². The summed E-state index contributed by atoms with van der Waals surface area (Å²) in [5, 5.41) is 7.59. The van der Waals surface area contributed by atoms with Gasteiger partial charge in [0.05, 0.1) is 32.2 Å². The topological polar surface area (TPSA) is 80.6 Å². The van der Waals surface area contributed by atoms with E-state index in [1.54, 1.807) is 55.1 Å². The number of nitrogens with zero attached hydrogens (tertiary/aromatic N) is 4. The lowest BCUT2D eigenvalue weighted by Gasteiger charge is -2.23. The van der Waals surface area contributed by atoms with E-state index in [2.05, 4.69) is 60.6 Å². The molecule has 0 aliphatic heterocycles. The number of rotatable bonds is 5. The summed E-state index contributed by atoms with van der Waals surface area (Å²) < 4.78 is 28.8. The van der Waals surface area contributed by atoms with Gasteiger partial charge in [-0.2, -0.15) is 5.10 Å². The highest BCUT2D eigenvalue weighted by molar-refractivity contribution is 7.90. The van der Waals surface area contributed by atoms with E-state index in [0.717, 1.165) is 32.1 Å². The molecule has 0 atom stereocenters. The molecule has 1 N–H and O–H groups in total. The number of H-pyrrole nitrogens is 1. The van der Waals surface area contributed by atoms with Crippen LogP contribution in [0, 0.1) is 0 Å². The minimum atomic E-state index is -3.81. The number of nitrogens with one attached hydrogen (secondary N) is 1. The van der Waals surface area contributed by atoms with Crippen molar-refractivity contribution in [1.82, 2.24) is 23.6 Å². The number of fused-ring (bicyclic) bond motifs is 1. The van der Waals surface area contributed by atoms with Gasteiger partial charge in [0.2, 0.25) is 0 Å². The Morgan fingerprint density at radius 2 is 1.61 bits per heavy atom. The van der Waals surface area contributed by atoms with Crippen molar-refractivity contribution in [3.63, 3.8) is 0 Å². The highest BCUT2D eigenvalue weighted by atomic mass is 32.2. The lowest BCUT2D eigenvalue weighted by Crippen LogP contribution is -2.34. The second-order valence-corrected chi connectivity index (χ2v) is 10.6. The Morgan fingerprint density at radius 3 is 2.24 bits per heavy atom. The summed E-state index contributed by atoms with van der Waals surface area (Å²) >= 11 is 0. The Hall–Kier alpha value is -3.75. The van der Waals surface area contributed by atoms with Gasteiger partial charge in [0.15, 0.2) is 5.65 Å². The fraction of sp³-hybridized carbons (Fsp3) is 0.120. The van der Waals surface area contributed by atoms with E-state index in [0.29, 0.717) is 5.65 Å². The monoisotopic (exact) mass is 458 g/mol. The van der Waals surface area contributed by atoms with E-state index in [4.69, 9.17) is 0 Å². The van der Waals surface area contributed by atoms with Crippen molar-refractivity contribution in [3.05, 3.63) is 85.5 Å². The Morgan fingerprint density at radius 1 is 0.879 bits per heavy atom. The number of pyridine rings is 1. The maximum absolute atomic E-state index is 13.4. The molecule has 2 aromatic carbocycles. The first kappa shape index (κ1) is 21.1. The van der Waals surface area contributed by atoms with Gasteiger partial charge in [-0.1, -0.05) is 18.2 Å². The molecule has 0 saturated carbocycles. The van der Waals surface area contributed by atoms with Crippen LogP contribution in [0.4, 0.5) is 5.69 Å². The third kappa shape index (κ3) is 3.73. The van der Waals surface area contributed by atoms with E-state index in [-0.39, 0.29) is 4.90 Å². The number of aromatic nitrogens is 4. The molecular formula is C25H24N5O2S+. The number of quaternary nitrogens is 1. The highest BCUT2D eigenvalue weighted by Gasteiger charge is 2.23. The summed E-state index contributed by atoms with van der Waals surface area (Å²) in [6, 6.07) is 18.7. The lowest BCUT2D eigenvalue weighted by atomic mass is 10.0.